The molecule has 0 bridgehead atoms. The molecule has 2 aromatic rings. The van der Waals surface area contributed by atoms with E-state index in [1.807, 2.05) is 0 Å². The molecule has 18 heteroatoms. The number of tetrazole rings is 1. The highest BCUT2D eigenvalue weighted by Gasteiger charge is 2.54. The zero-order valence-corrected chi connectivity index (χ0v) is 20.9. The van der Waals surface area contributed by atoms with Gasteiger partial charge in [-0.15, -0.1) is 28.2 Å². The smallest absolute Gasteiger partial charge is 0.352 e. The van der Waals surface area contributed by atoms with Crippen LogP contribution in [0.3, 0.4) is 0 Å². The number of β-lactam (4-membered cyclic amide) rings is 1. The van der Waals surface area contributed by atoms with Crippen LogP contribution in [0.25, 0.3) is 0 Å². The molecule has 0 spiro atoms. The summed E-state index contributed by atoms with van der Waals surface area (Å²) in [6.07, 6.45) is 0.839. The van der Waals surface area contributed by atoms with Gasteiger partial charge >= 0.3 is 5.97 Å². The SMILES string of the molecule is Cn1nnnc1SCC1=C(C(=O)O)N2C(=O)C(NC(=O)Cc3csc(NS(C)(=O)=O)n3)[C@@H]2SC1. The molecule has 1 fully saturated rings. The van der Waals surface area contributed by atoms with Crippen molar-refractivity contribution < 1.29 is 27.9 Å². The van der Waals surface area contributed by atoms with E-state index in [0.717, 1.165) is 17.6 Å². The summed E-state index contributed by atoms with van der Waals surface area (Å²) < 4.78 is 26.3. The third kappa shape index (κ3) is 5.18. The van der Waals surface area contributed by atoms with Gasteiger partial charge in [0, 0.05) is 23.9 Å². The molecule has 1 saturated heterocycles. The van der Waals surface area contributed by atoms with Crippen LogP contribution in [0.1, 0.15) is 5.69 Å². The first-order valence-corrected chi connectivity index (χ1v) is 14.3. The number of hydrogen-bond acceptors (Lipinski definition) is 12. The number of aliphatic carboxylic acids is 1. The number of thiazole rings is 1. The van der Waals surface area contributed by atoms with Crippen molar-refractivity contribution in [2.75, 3.05) is 22.5 Å². The molecule has 2 amide bonds. The fourth-order valence-electron chi connectivity index (χ4n) is 3.27. The molecule has 4 heterocycles. The minimum atomic E-state index is -3.48. The number of amides is 2. The number of carboxylic acids is 1. The van der Waals surface area contributed by atoms with Crippen LogP contribution in [-0.2, 0) is 37.9 Å². The minimum Gasteiger partial charge on any atom is -0.477 e. The van der Waals surface area contributed by atoms with Gasteiger partial charge in [-0.25, -0.2) is 22.9 Å². The van der Waals surface area contributed by atoms with Crippen molar-refractivity contribution in [1.29, 1.82) is 0 Å². The van der Waals surface area contributed by atoms with E-state index in [2.05, 4.69) is 30.5 Å². The Labute approximate surface area is 205 Å². The van der Waals surface area contributed by atoms with Gasteiger partial charge in [-0.2, -0.15) is 0 Å². The number of carbonyl (C=O) groups is 3. The predicted molar refractivity (Wildman–Crippen MR) is 123 cm³/mol. The van der Waals surface area contributed by atoms with Gasteiger partial charge in [0.2, 0.25) is 21.1 Å². The van der Waals surface area contributed by atoms with Crippen LogP contribution in [-0.4, -0.2) is 90.6 Å². The van der Waals surface area contributed by atoms with E-state index >= 15 is 0 Å². The number of hydrogen-bond donors (Lipinski definition) is 3. The van der Waals surface area contributed by atoms with Gasteiger partial charge in [-0.05, 0) is 16.0 Å². The third-order valence-electron chi connectivity index (χ3n) is 4.69. The van der Waals surface area contributed by atoms with E-state index in [-0.39, 0.29) is 17.2 Å². The van der Waals surface area contributed by atoms with Gasteiger partial charge in [0.25, 0.3) is 5.91 Å². The number of aromatic nitrogens is 5. The molecule has 2 aliphatic rings. The maximum atomic E-state index is 12.8. The van der Waals surface area contributed by atoms with E-state index in [4.69, 9.17) is 0 Å². The summed E-state index contributed by atoms with van der Waals surface area (Å²) in [5, 5.41) is 25.2. The predicted octanol–water partition coefficient (Wildman–Crippen LogP) is -0.888. The normalized spacial score (nSPS) is 20.1. The molecule has 2 aromatic heterocycles. The molecule has 0 aliphatic carbocycles. The molecule has 0 saturated carbocycles. The summed E-state index contributed by atoms with van der Waals surface area (Å²) in [6, 6.07) is -0.865. The number of aryl methyl sites for hydroxylation is 1. The summed E-state index contributed by atoms with van der Waals surface area (Å²) >= 11 is 3.66. The first-order valence-electron chi connectivity index (χ1n) is 9.50. The van der Waals surface area contributed by atoms with Crippen LogP contribution >= 0.6 is 34.9 Å². The number of rotatable bonds is 9. The number of nitrogens with zero attached hydrogens (tertiary/aromatic N) is 6. The van der Waals surface area contributed by atoms with Crippen LogP contribution in [0.4, 0.5) is 5.13 Å². The summed E-state index contributed by atoms with van der Waals surface area (Å²) in [5.41, 5.74) is 0.823. The van der Waals surface area contributed by atoms with Crippen molar-refractivity contribution in [3.05, 3.63) is 22.3 Å². The number of carbonyl (C=O) groups excluding carboxylic acids is 2. The van der Waals surface area contributed by atoms with Gasteiger partial charge in [0.05, 0.1) is 18.4 Å². The Hall–Kier alpha value is -2.70. The van der Waals surface area contributed by atoms with Gasteiger partial charge in [-0.3, -0.25) is 19.2 Å². The van der Waals surface area contributed by atoms with Crippen LogP contribution in [0, 0.1) is 0 Å². The Morgan fingerprint density at radius 1 is 1.38 bits per heavy atom. The van der Waals surface area contributed by atoms with Gasteiger partial charge < -0.3 is 10.4 Å². The van der Waals surface area contributed by atoms with Crippen LogP contribution in [0.15, 0.2) is 21.8 Å². The highest BCUT2D eigenvalue weighted by atomic mass is 32.2. The van der Waals surface area contributed by atoms with Crippen LogP contribution < -0.4 is 10.0 Å². The molecule has 4 rings (SSSR count). The molecule has 3 N–H and O–H groups in total. The molecular formula is C16H18N8O6S4. The van der Waals surface area contributed by atoms with Crippen LogP contribution in [0.2, 0.25) is 0 Å². The number of anilines is 1. The highest BCUT2D eigenvalue weighted by molar-refractivity contribution is 8.01. The average Bonchev–Trinajstić information content (AvgIpc) is 3.36. The zero-order valence-electron chi connectivity index (χ0n) is 17.7. The van der Waals surface area contributed by atoms with Crippen molar-refractivity contribution in [2.45, 2.75) is 23.0 Å². The number of thioether (sulfide) groups is 2. The molecule has 0 aromatic carbocycles. The third-order valence-corrected chi connectivity index (χ3v) is 8.63. The molecule has 182 valence electrons. The fourth-order valence-corrected chi connectivity index (χ4v) is 7.17. The Kier molecular flexibility index (Phi) is 6.83. The monoisotopic (exact) mass is 546 g/mol. The minimum absolute atomic E-state index is 0.0853. The summed E-state index contributed by atoms with van der Waals surface area (Å²) in [4.78, 5) is 42.4. The van der Waals surface area contributed by atoms with E-state index in [9.17, 15) is 27.9 Å². The summed E-state index contributed by atoms with van der Waals surface area (Å²) in [5.74, 6) is -1.55. The average molecular weight is 547 g/mol. The summed E-state index contributed by atoms with van der Waals surface area (Å²) in [6.45, 7) is 0. The number of carboxylic acid groups (broad SMARTS) is 1. The number of sulfonamides is 1. The Bertz CT molecular complexity index is 1290. The lowest BCUT2D eigenvalue weighted by molar-refractivity contribution is -0.150. The molecule has 34 heavy (non-hydrogen) atoms. The van der Waals surface area contributed by atoms with Gasteiger partial charge in [-0.1, -0.05) is 11.8 Å². The molecule has 14 nitrogen and oxygen atoms in total. The van der Waals surface area contributed by atoms with E-state index < -0.39 is 39.2 Å². The van der Waals surface area contributed by atoms with Crippen molar-refractivity contribution in [3.8, 4) is 0 Å². The highest BCUT2D eigenvalue weighted by Crippen LogP contribution is 2.41. The maximum Gasteiger partial charge on any atom is 0.352 e. The van der Waals surface area contributed by atoms with Gasteiger partial charge in [0.15, 0.2) is 5.13 Å². The van der Waals surface area contributed by atoms with Gasteiger partial charge in [0.1, 0.15) is 17.1 Å². The summed E-state index contributed by atoms with van der Waals surface area (Å²) in [7, 11) is -1.81. The Morgan fingerprint density at radius 3 is 2.79 bits per heavy atom. The molecule has 0 radical (unpaired) electrons. The Morgan fingerprint density at radius 2 is 2.15 bits per heavy atom. The first-order chi connectivity index (χ1) is 16.0. The fraction of sp³-hybridized carbons (Fsp3) is 0.438. The van der Waals surface area contributed by atoms with Crippen molar-refractivity contribution >= 4 is 67.8 Å². The number of nitrogens with one attached hydrogen (secondary N) is 2. The first kappa shape index (κ1) is 24.4. The van der Waals surface area contributed by atoms with E-state index in [1.165, 1.54) is 33.1 Å². The second-order valence-electron chi connectivity index (χ2n) is 7.28. The molecule has 1 unspecified atom stereocenters. The van der Waals surface area contributed by atoms with E-state index in [1.54, 1.807) is 12.4 Å². The second-order valence-corrected chi connectivity index (χ2v) is 11.9. The zero-order chi connectivity index (χ0) is 24.6. The molecular weight excluding hydrogens is 528 g/mol. The van der Waals surface area contributed by atoms with Crippen molar-refractivity contribution in [2.24, 2.45) is 7.05 Å². The van der Waals surface area contributed by atoms with Crippen LogP contribution in [0.5, 0.6) is 0 Å². The van der Waals surface area contributed by atoms with E-state index in [0.29, 0.717) is 27.9 Å². The molecule has 2 aliphatic heterocycles. The maximum absolute atomic E-state index is 12.8. The van der Waals surface area contributed by atoms with Crippen molar-refractivity contribution in [1.82, 2.24) is 35.4 Å². The quantitative estimate of drug-likeness (QED) is 0.260. The standard InChI is InChI=1S/C16H18N8O6S4/c1-23-16(19-21-22-23)33-5-7-4-31-13-10(12(26)24(13)11(7)14(27)28)18-9(25)3-8-6-32-15(17-8)20-34(2,29)30/h6,10,13H,3-5H2,1-2H3,(H,17,20)(H,18,25)(H,27,28)/t10?,13-/m0/s1. The topological polar surface area (TPSA) is 189 Å². The Balaban J connectivity index is 1.39. The number of fused-ring (bicyclic) bond motifs is 1. The second kappa shape index (κ2) is 9.51. The lowest BCUT2D eigenvalue weighted by Gasteiger charge is -2.49. The van der Waals surface area contributed by atoms with Crippen molar-refractivity contribution in [3.63, 3.8) is 0 Å². The largest absolute Gasteiger partial charge is 0.477 e. The molecule has 2 atom stereocenters. The lowest BCUT2D eigenvalue weighted by atomic mass is 10.0. The lowest BCUT2D eigenvalue weighted by Crippen LogP contribution is -2.70.